The first-order valence-electron chi connectivity index (χ1n) is 12.7. The van der Waals surface area contributed by atoms with Gasteiger partial charge in [0.15, 0.2) is 0 Å². The predicted molar refractivity (Wildman–Crippen MR) is 136 cm³/mol. The highest BCUT2D eigenvalue weighted by atomic mass is 16.5. The lowest BCUT2D eigenvalue weighted by Gasteiger charge is -2.42. The summed E-state index contributed by atoms with van der Waals surface area (Å²) in [5, 5.41) is 0.933. The summed E-state index contributed by atoms with van der Waals surface area (Å²) in [4.78, 5) is 11.5. The summed E-state index contributed by atoms with van der Waals surface area (Å²) < 4.78 is 14.0. The van der Waals surface area contributed by atoms with Gasteiger partial charge in [0.1, 0.15) is 30.1 Å². The molecule has 0 spiro atoms. The third-order valence-electron chi connectivity index (χ3n) is 7.19. The molecule has 3 aromatic rings. The van der Waals surface area contributed by atoms with Gasteiger partial charge in [-0.15, -0.1) is 0 Å². The van der Waals surface area contributed by atoms with Gasteiger partial charge in [-0.1, -0.05) is 26.0 Å². The van der Waals surface area contributed by atoms with Gasteiger partial charge in [-0.2, -0.15) is 0 Å². The van der Waals surface area contributed by atoms with Crippen molar-refractivity contribution in [2.24, 2.45) is 11.8 Å². The van der Waals surface area contributed by atoms with E-state index in [-0.39, 0.29) is 0 Å². The van der Waals surface area contributed by atoms with Crippen LogP contribution in [0, 0.1) is 11.8 Å². The van der Waals surface area contributed by atoms with Crippen LogP contribution < -0.4 is 10.5 Å². The van der Waals surface area contributed by atoms with Crippen LogP contribution in [0.3, 0.4) is 0 Å². The Morgan fingerprint density at radius 2 is 1.97 bits per heavy atom. The molecular formula is C27H37N5O2. The molecule has 0 amide bonds. The van der Waals surface area contributed by atoms with Crippen molar-refractivity contribution in [3.63, 3.8) is 0 Å². The third-order valence-corrected chi connectivity index (χ3v) is 7.19. The second-order valence-electron chi connectivity index (χ2n) is 10.2. The minimum Gasteiger partial charge on any atom is -0.491 e. The molecule has 7 nitrogen and oxygen atoms in total. The van der Waals surface area contributed by atoms with Crippen LogP contribution in [0.1, 0.15) is 45.6 Å². The van der Waals surface area contributed by atoms with E-state index in [1.165, 1.54) is 38.9 Å². The minimum absolute atomic E-state index is 0.472. The number of aromatic nitrogens is 3. The molecule has 1 saturated carbocycles. The van der Waals surface area contributed by atoms with Crippen LogP contribution in [0.4, 0.5) is 5.82 Å². The normalized spacial score (nSPS) is 20.4. The van der Waals surface area contributed by atoms with Gasteiger partial charge in [0, 0.05) is 31.0 Å². The molecule has 1 aliphatic carbocycles. The molecule has 0 atom stereocenters. The molecule has 2 N–H and O–H groups in total. The number of anilines is 1. The zero-order chi connectivity index (χ0) is 23.5. The Morgan fingerprint density at radius 3 is 2.74 bits per heavy atom. The lowest BCUT2D eigenvalue weighted by molar-refractivity contribution is 0.0921. The Kier molecular flexibility index (Phi) is 7.02. The summed E-state index contributed by atoms with van der Waals surface area (Å²) in [6, 6.07) is 8.67. The van der Waals surface area contributed by atoms with Crippen molar-refractivity contribution in [3.8, 4) is 16.9 Å². The van der Waals surface area contributed by atoms with Crippen molar-refractivity contribution in [1.82, 2.24) is 19.4 Å². The molecule has 2 aromatic heterocycles. The Morgan fingerprint density at radius 1 is 1.12 bits per heavy atom. The van der Waals surface area contributed by atoms with Gasteiger partial charge in [-0.3, -0.25) is 0 Å². The quantitative estimate of drug-likeness (QED) is 0.412. The average Bonchev–Trinajstić information content (AvgIpc) is 3.15. The molecule has 1 aliphatic heterocycles. The maximum absolute atomic E-state index is 6.35. The lowest BCUT2D eigenvalue weighted by atomic mass is 9.79. The Hall–Kier alpha value is -2.64. The van der Waals surface area contributed by atoms with Crippen LogP contribution in [-0.4, -0.2) is 58.9 Å². The molecule has 5 rings (SSSR count). The number of hydrogen-bond acceptors (Lipinski definition) is 6. The average molecular weight is 464 g/mol. The second kappa shape index (κ2) is 10.3. The maximum atomic E-state index is 6.35. The molecule has 1 saturated heterocycles. The van der Waals surface area contributed by atoms with Crippen molar-refractivity contribution in [1.29, 1.82) is 0 Å². The molecule has 2 fully saturated rings. The number of hydrogen-bond donors (Lipinski definition) is 1. The summed E-state index contributed by atoms with van der Waals surface area (Å²) in [6.07, 6.45) is 8.61. The fourth-order valence-corrected chi connectivity index (χ4v) is 5.00. The van der Waals surface area contributed by atoms with Crippen LogP contribution in [0.25, 0.3) is 22.2 Å². The Bertz CT molecular complexity index is 1100. The van der Waals surface area contributed by atoms with E-state index in [2.05, 4.69) is 51.6 Å². The first-order valence-corrected chi connectivity index (χ1v) is 12.7. The molecule has 1 aromatic carbocycles. The topological polar surface area (TPSA) is 78.4 Å². The van der Waals surface area contributed by atoms with E-state index in [0.717, 1.165) is 46.9 Å². The first kappa shape index (κ1) is 23.1. The number of nitrogen functional groups attached to an aromatic ring is 1. The molecule has 3 heterocycles. The van der Waals surface area contributed by atoms with Gasteiger partial charge in [0.2, 0.25) is 0 Å². The summed E-state index contributed by atoms with van der Waals surface area (Å²) >= 11 is 0. The highest BCUT2D eigenvalue weighted by Crippen LogP contribution is 2.43. The standard InChI is InChI=1S/C27H37N5O2/c1-19(2)7-10-33-11-12-34-23-6-3-5-21(15-23)24-17-32(27-25(24)26(28)29-18-30-27)22-13-20(14-22)16-31-8-4-9-31/h3,5-6,15,17-20,22H,4,7-14,16H2,1-2H3,(H2,28,29,30). The van der Waals surface area contributed by atoms with Crippen molar-refractivity contribution in [2.75, 3.05) is 45.2 Å². The van der Waals surface area contributed by atoms with Crippen LogP contribution in [0.5, 0.6) is 5.75 Å². The number of likely N-dealkylation sites (tertiary alicyclic amines) is 1. The Labute approximate surface area is 202 Å². The van der Waals surface area contributed by atoms with Gasteiger partial charge < -0.3 is 24.7 Å². The largest absolute Gasteiger partial charge is 0.491 e. The van der Waals surface area contributed by atoms with Gasteiger partial charge in [0.05, 0.1) is 12.0 Å². The van der Waals surface area contributed by atoms with E-state index in [0.29, 0.717) is 31.0 Å². The van der Waals surface area contributed by atoms with Crippen molar-refractivity contribution < 1.29 is 9.47 Å². The Balaban J connectivity index is 1.29. The lowest BCUT2D eigenvalue weighted by Crippen LogP contribution is -2.43. The van der Waals surface area contributed by atoms with Crippen LogP contribution in [0.15, 0.2) is 36.8 Å². The van der Waals surface area contributed by atoms with E-state index in [4.69, 9.17) is 15.2 Å². The van der Waals surface area contributed by atoms with Crippen molar-refractivity contribution in [2.45, 2.75) is 45.6 Å². The summed E-state index contributed by atoms with van der Waals surface area (Å²) in [5.74, 6) is 2.80. The van der Waals surface area contributed by atoms with Gasteiger partial charge in [-0.25, -0.2) is 9.97 Å². The number of nitrogens with zero attached hydrogens (tertiary/aromatic N) is 4. The smallest absolute Gasteiger partial charge is 0.146 e. The van der Waals surface area contributed by atoms with Crippen LogP contribution >= 0.6 is 0 Å². The van der Waals surface area contributed by atoms with Gasteiger partial charge >= 0.3 is 0 Å². The van der Waals surface area contributed by atoms with E-state index in [1.807, 2.05) is 12.1 Å². The van der Waals surface area contributed by atoms with Crippen molar-refractivity contribution in [3.05, 3.63) is 36.8 Å². The SMILES string of the molecule is CC(C)CCOCCOc1cccc(-c2cn(C3CC(CN4CCC4)C3)c3ncnc(N)c23)c1. The monoisotopic (exact) mass is 463 g/mol. The van der Waals surface area contributed by atoms with Gasteiger partial charge in [0.25, 0.3) is 0 Å². The van der Waals surface area contributed by atoms with E-state index in [9.17, 15) is 0 Å². The zero-order valence-electron chi connectivity index (χ0n) is 20.4. The highest BCUT2D eigenvalue weighted by Gasteiger charge is 2.34. The summed E-state index contributed by atoms with van der Waals surface area (Å²) in [5.41, 5.74) is 9.42. The second-order valence-corrected chi connectivity index (χ2v) is 10.2. The molecule has 0 radical (unpaired) electrons. The number of ether oxygens (including phenoxy) is 2. The van der Waals surface area contributed by atoms with Gasteiger partial charge in [-0.05, 0) is 68.3 Å². The molecule has 34 heavy (non-hydrogen) atoms. The molecule has 0 unspecified atom stereocenters. The van der Waals surface area contributed by atoms with Crippen molar-refractivity contribution >= 4 is 16.9 Å². The molecule has 2 aliphatic rings. The fraction of sp³-hybridized carbons (Fsp3) is 0.556. The molecule has 0 bridgehead atoms. The van der Waals surface area contributed by atoms with E-state index in [1.54, 1.807) is 6.33 Å². The van der Waals surface area contributed by atoms with E-state index >= 15 is 0 Å². The number of rotatable bonds is 11. The summed E-state index contributed by atoms with van der Waals surface area (Å²) in [6.45, 7) is 10.1. The number of nitrogens with two attached hydrogens (primary N) is 1. The van der Waals surface area contributed by atoms with Crippen LogP contribution in [-0.2, 0) is 4.74 Å². The fourth-order valence-electron chi connectivity index (χ4n) is 5.00. The molecule has 7 heteroatoms. The summed E-state index contributed by atoms with van der Waals surface area (Å²) in [7, 11) is 0. The number of fused-ring (bicyclic) bond motifs is 1. The van der Waals surface area contributed by atoms with Crippen LogP contribution in [0.2, 0.25) is 0 Å². The van der Waals surface area contributed by atoms with E-state index < -0.39 is 0 Å². The number of benzene rings is 1. The third kappa shape index (κ3) is 5.05. The maximum Gasteiger partial charge on any atom is 0.146 e. The first-order chi connectivity index (χ1) is 16.6. The molecule has 182 valence electrons. The minimum atomic E-state index is 0.472. The predicted octanol–water partition coefficient (Wildman–Crippen LogP) is 4.78. The zero-order valence-corrected chi connectivity index (χ0v) is 20.4. The molecular weight excluding hydrogens is 426 g/mol. The highest BCUT2D eigenvalue weighted by molar-refractivity contribution is 6.00.